The van der Waals surface area contributed by atoms with Gasteiger partial charge in [-0.2, -0.15) is 0 Å². The third-order valence-corrected chi connectivity index (χ3v) is 4.82. The van der Waals surface area contributed by atoms with Gasteiger partial charge < -0.3 is 25.0 Å². The molecule has 30 heavy (non-hydrogen) atoms. The van der Waals surface area contributed by atoms with Crippen molar-refractivity contribution in [3.63, 3.8) is 0 Å². The molecule has 7 nitrogen and oxygen atoms in total. The van der Waals surface area contributed by atoms with Crippen LogP contribution >= 0.6 is 0 Å². The fourth-order valence-corrected chi connectivity index (χ4v) is 3.18. The minimum atomic E-state index is -0.0914. The van der Waals surface area contributed by atoms with E-state index < -0.39 is 0 Å². The Hall–Kier alpha value is -3.32. The molecular formula is C23H28N3O4+. The van der Waals surface area contributed by atoms with Gasteiger partial charge in [0.05, 0.1) is 32.7 Å². The van der Waals surface area contributed by atoms with E-state index in [1.807, 2.05) is 48.5 Å². The van der Waals surface area contributed by atoms with Gasteiger partial charge in [-0.25, -0.2) is 0 Å². The smallest absolute Gasteiger partial charge is 0.227 e. The molecule has 4 N–H and O–H groups in total. The highest BCUT2D eigenvalue weighted by Gasteiger charge is 2.21. The topological polar surface area (TPSA) is 101 Å². The molecule has 0 aliphatic heterocycles. The minimum Gasteiger partial charge on any atom is -0.497 e. The first-order valence-electron chi connectivity index (χ1n) is 9.99. The number of methoxy groups -OCH3 is 2. The van der Waals surface area contributed by atoms with Crippen LogP contribution in [-0.2, 0) is 11.2 Å². The lowest BCUT2D eigenvalue weighted by Crippen LogP contribution is -2.50. The average Bonchev–Trinajstić information content (AvgIpc) is 3.20. The molecule has 158 valence electrons. The quantitative estimate of drug-likeness (QED) is 0.501. The summed E-state index contributed by atoms with van der Waals surface area (Å²) in [6.07, 6.45) is 2.02. The van der Waals surface area contributed by atoms with Gasteiger partial charge in [0, 0.05) is 12.1 Å². The van der Waals surface area contributed by atoms with Gasteiger partial charge in [0.1, 0.15) is 17.2 Å². The lowest BCUT2D eigenvalue weighted by molar-refractivity contribution is -0.368. The van der Waals surface area contributed by atoms with E-state index in [1.54, 1.807) is 14.2 Å². The summed E-state index contributed by atoms with van der Waals surface area (Å²) in [4.78, 5) is 12.4. The number of carbonyl (C=O) groups excluding carboxylic acids is 1. The fourth-order valence-electron chi connectivity index (χ4n) is 3.18. The summed E-state index contributed by atoms with van der Waals surface area (Å²) in [5.41, 5.74) is 7.09. The third-order valence-electron chi connectivity index (χ3n) is 4.82. The molecule has 2 aromatic carbocycles. The maximum Gasteiger partial charge on any atom is 0.227 e. The molecule has 3 aromatic rings. The lowest BCUT2D eigenvalue weighted by Gasteiger charge is -2.08. The number of aromatic nitrogens is 1. The first kappa shape index (κ1) is 21.4. The van der Waals surface area contributed by atoms with Gasteiger partial charge in [0.15, 0.2) is 5.76 Å². The van der Waals surface area contributed by atoms with E-state index in [-0.39, 0.29) is 12.3 Å². The summed E-state index contributed by atoms with van der Waals surface area (Å²) in [5, 5.41) is 7.22. The van der Waals surface area contributed by atoms with Crippen LogP contribution < -0.4 is 20.5 Å². The van der Waals surface area contributed by atoms with E-state index >= 15 is 0 Å². The summed E-state index contributed by atoms with van der Waals surface area (Å²) >= 11 is 0. The number of hydrogen-bond acceptors (Lipinski definition) is 5. The third kappa shape index (κ3) is 5.18. The van der Waals surface area contributed by atoms with Gasteiger partial charge in [-0.1, -0.05) is 17.3 Å². The Bertz CT molecular complexity index is 950. The summed E-state index contributed by atoms with van der Waals surface area (Å²) in [7, 11) is 3.25. The number of rotatable bonds is 10. The van der Waals surface area contributed by atoms with Crippen LogP contribution in [0.15, 0.2) is 53.1 Å². The number of hydrogen-bond donors (Lipinski definition) is 2. The van der Waals surface area contributed by atoms with Gasteiger partial charge in [-0.3, -0.25) is 4.79 Å². The standard InChI is InChI=1S/C23H27N3O4/c1-28-18-9-5-16(6-10-18)22-20(15-21(27)25-14-4-3-13-24)30-26-23(22)17-7-11-19(29-2)12-8-17/h5-12H,3-4,13-15,24H2,1-2H3,(H,25,27)/p+1. The largest absolute Gasteiger partial charge is 0.497 e. The number of benzene rings is 2. The van der Waals surface area contributed by atoms with Crippen molar-refractivity contribution in [1.29, 1.82) is 0 Å². The van der Waals surface area contributed by atoms with E-state index in [9.17, 15) is 4.79 Å². The second-order valence-electron chi connectivity index (χ2n) is 6.87. The minimum absolute atomic E-state index is 0.0914. The van der Waals surface area contributed by atoms with E-state index in [1.165, 1.54) is 0 Å². The molecule has 0 atom stereocenters. The van der Waals surface area contributed by atoms with Gasteiger partial charge in [-0.15, -0.1) is 0 Å². The molecule has 1 amide bonds. The molecule has 0 spiro atoms. The second-order valence-corrected chi connectivity index (χ2v) is 6.87. The van der Waals surface area contributed by atoms with E-state index in [4.69, 9.17) is 14.0 Å². The molecule has 0 aliphatic rings. The van der Waals surface area contributed by atoms with Gasteiger partial charge >= 0.3 is 0 Å². The number of amides is 1. The molecule has 3 rings (SSSR count). The lowest BCUT2D eigenvalue weighted by atomic mass is 9.98. The summed E-state index contributed by atoms with van der Waals surface area (Å²) in [6.45, 7) is 1.50. The van der Waals surface area contributed by atoms with Crippen LogP contribution in [0, 0.1) is 0 Å². The van der Waals surface area contributed by atoms with Crippen molar-refractivity contribution >= 4 is 5.91 Å². The van der Waals surface area contributed by atoms with Crippen LogP contribution in [0.1, 0.15) is 18.6 Å². The van der Waals surface area contributed by atoms with Gasteiger partial charge in [0.2, 0.25) is 5.91 Å². The maximum atomic E-state index is 12.4. The Balaban J connectivity index is 1.91. The molecule has 0 unspecified atom stereocenters. The Morgan fingerprint density at radius 1 is 0.967 bits per heavy atom. The molecule has 0 saturated carbocycles. The number of unbranched alkanes of at least 4 members (excludes halogenated alkanes) is 1. The predicted octanol–water partition coefficient (Wildman–Crippen LogP) is 2.71. The Morgan fingerprint density at radius 2 is 1.57 bits per heavy atom. The predicted molar refractivity (Wildman–Crippen MR) is 114 cm³/mol. The highest BCUT2D eigenvalue weighted by Crippen LogP contribution is 2.36. The molecule has 0 bridgehead atoms. The normalized spacial score (nSPS) is 10.6. The molecule has 0 fully saturated rings. The summed E-state index contributed by atoms with van der Waals surface area (Å²) in [5.74, 6) is 1.95. The number of nitrogens with one attached hydrogen (secondary N) is 1. The number of ether oxygens (including phenoxy) is 2. The van der Waals surface area contributed by atoms with Crippen LogP contribution in [0.2, 0.25) is 0 Å². The Morgan fingerprint density at radius 3 is 2.13 bits per heavy atom. The molecule has 7 heteroatoms. The van der Waals surface area contributed by atoms with Crippen LogP contribution in [0.25, 0.3) is 22.4 Å². The van der Waals surface area contributed by atoms with Crippen molar-refractivity contribution in [1.82, 2.24) is 10.5 Å². The zero-order valence-electron chi connectivity index (χ0n) is 17.4. The molecular weight excluding hydrogens is 382 g/mol. The van der Waals surface area contributed by atoms with Crippen LogP contribution in [0.3, 0.4) is 0 Å². The van der Waals surface area contributed by atoms with Crippen LogP contribution in [-0.4, -0.2) is 38.4 Å². The van der Waals surface area contributed by atoms with Crippen LogP contribution in [0.5, 0.6) is 11.5 Å². The van der Waals surface area contributed by atoms with Crippen LogP contribution in [0.4, 0.5) is 0 Å². The second kappa shape index (κ2) is 10.5. The number of quaternary nitrogens is 1. The molecule has 0 aliphatic carbocycles. The fraction of sp³-hybridized carbons (Fsp3) is 0.304. The molecule has 1 heterocycles. The van der Waals surface area contributed by atoms with Crippen molar-refractivity contribution in [2.45, 2.75) is 19.3 Å². The SMILES string of the molecule is COc1ccc(-c2noc(CC(=O)NCCCC[NH3+])c2-c2ccc(OC)cc2)cc1. The van der Waals surface area contributed by atoms with E-state index in [0.717, 1.165) is 47.6 Å². The van der Waals surface area contributed by atoms with Crippen molar-refractivity contribution in [3.05, 3.63) is 54.3 Å². The average molecular weight is 410 g/mol. The number of carbonyl (C=O) groups is 1. The first-order valence-corrected chi connectivity index (χ1v) is 9.99. The molecule has 0 radical (unpaired) electrons. The summed E-state index contributed by atoms with van der Waals surface area (Å²) < 4.78 is 16.1. The van der Waals surface area contributed by atoms with Gasteiger partial charge in [-0.05, 0) is 54.8 Å². The highest BCUT2D eigenvalue weighted by molar-refractivity contribution is 5.86. The highest BCUT2D eigenvalue weighted by atomic mass is 16.5. The Kier molecular flexibility index (Phi) is 7.45. The van der Waals surface area contributed by atoms with E-state index in [0.29, 0.717) is 18.0 Å². The van der Waals surface area contributed by atoms with Crippen molar-refractivity contribution in [2.75, 3.05) is 27.3 Å². The van der Waals surface area contributed by atoms with Crippen molar-refractivity contribution in [3.8, 4) is 33.9 Å². The summed E-state index contributed by atoms with van der Waals surface area (Å²) in [6, 6.07) is 15.2. The van der Waals surface area contributed by atoms with Crippen molar-refractivity contribution in [2.24, 2.45) is 0 Å². The number of nitrogens with zero attached hydrogens (tertiary/aromatic N) is 1. The maximum absolute atomic E-state index is 12.4. The van der Waals surface area contributed by atoms with Crippen molar-refractivity contribution < 1.29 is 24.5 Å². The zero-order chi connectivity index (χ0) is 21.3. The monoisotopic (exact) mass is 410 g/mol. The zero-order valence-corrected chi connectivity index (χ0v) is 17.4. The Labute approximate surface area is 176 Å². The molecule has 1 aromatic heterocycles. The van der Waals surface area contributed by atoms with Gasteiger partial charge in [0.25, 0.3) is 0 Å². The first-order chi connectivity index (χ1) is 14.7. The van der Waals surface area contributed by atoms with E-state index in [2.05, 4.69) is 16.2 Å². The molecule has 0 saturated heterocycles.